The zero-order chi connectivity index (χ0) is 30.3. The molecule has 5 rings (SSSR count). The maximum Gasteiger partial charge on any atom is 2.00 e. The fourth-order valence-corrected chi connectivity index (χ4v) is 5.82. The van der Waals surface area contributed by atoms with Gasteiger partial charge in [-0.3, -0.25) is 0 Å². The molecular formula is C34H34MgN4O4. The van der Waals surface area contributed by atoms with E-state index >= 15 is 0 Å². The standard InChI is InChI=1S/C34H36N4O4.Mg/c1-7-21-17(3)25-13-26-19(5)23(9-11-33(39)40)31(37-26)16-32-24(10-12-34(41)42)20(6)28(38-32)15-30-22(8-2)18(4)27(36-30)14-29(21)35-25;/h8,13-16H,2,7,9-12H2,1,3-6H3,(H4,35,36,37,38,39,40,41,42);/q;+2/p-2. The van der Waals surface area contributed by atoms with Crippen molar-refractivity contribution < 1.29 is 22.7 Å². The van der Waals surface area contributed by atoms with Crippen LogP contribution in [0.15, 0.2) is 36.9 Å². The topological polar surface area (TPSA) is 134 Å². The zero-order valence-corrected chi connectivity index (χ0v) is 26.7. The van der Waals surface area contributed by atoms with Crippen LogP contribution in [-0.4, -0.2) is 45.0 Å². The number of nitrogens with zero attached hydrogens (tertiary/aromatic N) is 4. The third kappa shape index (κ3) is 6.10. The molecule has 2 aliphatic heterocycles. The third-order valence-corrected chi connectivity index (χ3v) is 8.28. The Morgan fingerprint density at radius 1 is 0.767 bits per heavy atom. The Balaban J connectivity index is 0.00000235. The number of carbonyl (C=O) groups excluding carboxylic acids is 2. The molecule has 0 saturated carbocycles. The van der Waals surface area contributed by atoms with E-state index in [1.165, 1.54) is 0 Å². The molecule has 0 fully saturated rings. The number of hydrogen-bond donors (Lipinski definition) is 0. The van der Waals surface area contributed by atoms with Crippen molar-refractivity contribution in [1.29, 1.82) is 0 Å². The molecular weight excluding hydrogens is 553 g/mol. The molecule has 5 heterocycles. The Morgan fingerprint density at radius 2 is 1.26 bits per heavy atom. The number of fused-ring (bicyclic) bond motifs is 8. The van der Waals surface area contributed by atoms with Gasteiger partial charge in [-0.05, 0) is 82.6 Å². The molecule has 43 heavy (non-hydrogen) atoms. The predicted octanol–water partition coefficient (Wildman–Crippen LogP) is 3.86. The van der Waals surface area contributed by atoms with Gasteiger partial charge in [0.2, 0.25) is 0 Å². The molecule has 216 valence electrons. The van der Waals surface area contributed by atoms with Crippen molar-refractivity contribution in [2.75, 3.05) is 0 Å². The van der Waals surface area contributed by atoms with E-state index in [2.05, 4.69) is 13.5 Å². The Hall–Kier alpha value is -3.95. The minimum atomic E-state index is -1.15. The summed E-state index contributed by atoms with van der Waals surface area (Å²) in [5.74, 6) is -2.29. The molecule has 3 aromatic heterocycles. The summed E-state index contributed by atoms with van der Waals surface area (Å²) in [4.78, 5) is 42.6. The van der Waals surface area contributed by atoms with E-state index in [-0.39, 0.29) is 51.6 Å². The first-order valence-electron chi connectivity index (χ1n) is 14.1. The summed E-state index contributed by atoms with van der Waals surface area (Å²) in [7, 11) is 0. The van der Waals surface area contributed by atoms with Gasteiger partial charge in [0.15, 0.2) is 0 Å². The Labute approximate surface area is 269 Å². The van der Waals surface area contributed by atoms with Crippen molar-refractivity contribution in [2.24, 2.45) is 0 Å². The molecule has 0 unspecified atom stereocenters. The Bertz CT molecular complexity index is 1900. The average molecular weight is 587 g/mol. The average Bonchev–Trinajstić information content (AvgIpc) is 3.59. The van der Waals surface area contributed by atoms with Crippen LogP contribution >= 0.6 is 0 Å². The molecule has 9 heteroatoms. The minimum absolute atomic E-state index is 0. The number of aromatic nitrogens is 4. The van der Waals surface area contributed by atoms with Gasteiger partial charge in [-0.2, -0.15) is 0 Å². The number of hydrogen-bond acceptors (Lipinski definition) is 6. The molecule has 0 saturated heterocycles. The Kier molecular flexibility index (Phi) is 9.46. The molecule has 0 N–H and O–H groups in total. The van der Waals surface area contributed by atoms with Crippen LogP contribution in [0, 0.1) is 13.8 Å². The van der Waals surface area contributed by atoms with Gasteiger partial charge in [-0.25, -0.2) is 9.97 Å². The van der Waals surface area contributed by atoms with Crippen LogP contribution < -0.4 is 20.2 Å². The van der Waals surface area contributed by atoms with E-state index in [0.29, 0.717) is 27.8 Å². The predicted molar refractivity (Wildman–Crippen MR) is 169 cm³/mol. The third-order valence-electron chi connectivity index (χ3n) is 8.28. The SMILES string of the molecule is C=CC1=C(C)c2cc3nc(cc4[n-]c(cc5[n-]c(cc1n2)c(C)c5CCC(=O)[O-])c(CCC(=O)[O-])c4C)C(C)=C3CC.[H+].[H+].[Mg+2]. The summed E-state index contributed by atoms with van der Waals surface area (Å²) in [5.41, 5.74) is 13.0. The Morgan fingerprint density at radius 3 is 1.74 bits per heavy atom. The number of aryl methyl sites for hydroxylation is 4. The fourth-order valence-electron chi connectivity index (χ4n) is 5.82. The molecule has 0 aliphatic carbocycles. The maximum atomic E-state index is 11.4. The number of rotatable bonds is 8. The van der Waals surface area contributed by atoms with Crippen molar-refractivity contribution in [3.05, 3.63) is 81.9 Å². The second kappa shape index (κ2) is 12.7. The second-order valence-corrected chi connectivity index (χ2v) is 10.8. The quantitative estimate of drug-likeness (QED) is 0.363. The van der Waals surface area contributed by atoms with Crippen LogP contribution in [0.5, 0.6) is 0 Å². The maximum absolute atomic E-state index is 11.4. The zero-order valence-electron chi connectivity index (χ0n) is 27.3. The summed E-state index contributed by atoms with van der Waals surface area (Å²) in [5, 5.41) is 22.8. The van der Waals surface area contributed by atoms with Gasteiger partial charge in [0.05, 0.1) is 22.8 Å². The van der Waals surface area contributed by atoms with Gasteiger partial charge >= 0.3 is 25.9 Å². The first kappa shape index (κ1) is 32.0. The minimum Gasteiger partial charge on any atom is -0.657 e. The smallest absolute Gasteiger partial charge is 0.657 e. The van der Waals surface area contributed by atoms with Crippen molar-refractivity contribution >= 4 is 79.4 Å². The van der Waals surface area contributed by atoms with E-state index < -0.39 is 11.9 Å². The summed E-state index contributed by atoms with van der Waals surface area (Å²) in [6, 6.07) is 7.67. The van der Waals surface area contributed by atoms with E-state index in [4.69, 9.17) is 19.9 Å². The van der Waals surface area contributed by atoms with Gasteiger partial charge in [0.1, 0.15) is 0 Å². The fraction of sp³-hybridized carbons (Fsp3) is 0.294. The molecule has 8 bridgehead atoms. The van der Waals surface area contributed by atoms with Crippen molar-refractivity contribution in [2.45, 2.75) is 66.7 Å². The second-order valence-electron chi connectivity index (χ2n) is 10.8. The summed E-state index contributed by atoms with van der Waals surface area (Å²) >= 11 is 0. The van der Waals surface area contributed by atoms with Gasteiger partial charge in [0.25, 0.3) is 0 Å². The van der Waals surface area contributed by atoms with Gasteiger partial charge in [-0.15, -0.1) is 22.1 Å². The summed E-state index contributed by atoms with van der Waals surface area (Å²) < 4.78 is 0. The van der Waals surface area contributed by atoms with Gasteiger partial charge in [-0.1, -0.05) is 60.0 Å². The number of carboxylic acids is 2. The van der Waals surface area contributed by atoms with Crippen LogP contribution in [0.1, 0.15) is 87.9 Å². The first-order valence-corrected chi connectivity index (χ1v) is 14.1. The molecule has 3 aromatic rings. The van der Waals surface area contributed by atoms with E-state index in [9.17, 15) is 19.8 Å². The van der Waals surface area contributed by atoms with E-state index in [1.807, 2.05) is 52.0 Å². The number of aliphatic carboxylic acids is 2. The number of carboxylic acid groups (broad SMARTS) is 2. The van der Waals surface area contributed by atoms with Crippen molar-refractivity contribution in [3.8, 4) is 0 Å². The van der Waals surface area contributed by atoms with Gasteiger partial charge in [0, 0.05) is 17.5 Å². The molecule has 0 atom stereocenters. The molecule has 2 aliphatic rings. The monoisotopic (exact) mass is 586 g/mol. The van der Waals surface area contributed by atoms with Crippen LogP contribution in [0.4, 0.5) is 0 Å². The van der Waals surface area contributed by atoms with Gasteiger partial charge < -0.3 is 29.8 Å². The normalized spacial score (nSPS) is 12.9. The van der Waals surface area contributed by atoms with Crippen LogP contribution in [-0.2, 0) is 22.4 Å². The summed E-state index contributed by atoms with van der Waals surface area (Å²) in [6.07, 6.45) is 2.73. The molecule has 0 radical (unpaired) electrons. The van der Waals surface area contributed by atoms with Crippen LogP contribution in [0.2, 0.25) is 0 Å². The van der Waals surface area contributed by atoms with Crippen LogP contribution in [0.25, 0.3) is 44.4 Å². The van der Waals surface area contributed by atoms with Crippen molar-refractivity contribution in [3.63, 3.8) is 0 Å². The summed E-state index contributed by atoms with van der Waals surface area (Å²) in [6.45, 7) is 14.0. The molecule has 8 nitrogen and oxygen atoms in total. The van der Waals surface area contributed by atoms with Crippen molar-refractivity contribution in [1.82, 2.24) is 19.9 Å². The molecule has 0 spiro atoms. The number of carbonyl (C=O) groups is 2. The van der Waals surface area contributed by atoms with E-state index in [1.54, 1.807) is 6.08 Å². The van der Waals surface area contributed by atoms with Crippen LogP contribution in [0.3, 0.4) is 0 Å². The number of allylic oxidation sites excluding steroid dienone is 5. The first-order chi connectivity index (χ1) is 20.0. The molecule has 0 aromatic carbocycles. The molecule has 0 amide bonds. The largest absolute Gasteiger partial charge is 2.00 e. The van der Waals surface area contributed by atoms with E-state index in [0.717, 1.165) is 68.0 Å².